The number of halogens is 2. The summed E-state index contributed by atoms with van der Waals surface area (Å²) in [6.07, 6.45) is -0.948. The van der Waals surface area contributed by atoms with Crippen LogP contribution in [0.25, 0.3) is 0 Å². The van der Waals surface area contributed by atoms with Crippen LogP contribution in [0.1, 0.15) is 31.1 Å². The highest BCUT2D eigenvalue weighted by atomic mass is 35.5. The monoisotopic (exact) mass is 289 g/mol. The Morgan fingerprint density at radius 1 is 1.37 bits per heavy atom. The number of carbonyl (C=O) groups is 2. The quantitative estimate of drug-likeness (QED) is 0.873. The number of benzene rings is 1. The van der Waals surface area contributed by atoms with E-state index in [0.29, 0.717) is 0 Å². The molecule has 1 rings (SSSR count). The molecule has 0 unspecified atom stereocenters. The molecule has 0 heterocycles. The Kier molecular flexibility index (Phi) is 4.36. The van der Waals surface area contributed by atoms with Crippen LogP contribution in [0.2, 0.25) is 5.02 Å². The third-order valence-corrected chi connectivity index (χ3v) is 2.13. The first kappa shape index (κ1) is 15.2. The summed E-state index contributed by atoms with van der Waals surface area (Å²) in [4.78, 5) is 22.5. The zero-order chi connectivity index (χ0) is 14.8. The second-order valence-corrected chi connectivity index (χ2v) is 5.18. The van der Waals surface area contributed by atoms with Crippen molar-refractivity contribution < 1.29 is 23.8 Å². The zero-order valence-electron chi connectivity index (χ0n) is 10.6. The van der Waals surface area contributed by atoms with Crippen LogP contribution in [0.4, 0.5) is 14.9 Å². The van der Waals surface area contributed by atoms with E-state index in [1.54, 1.807) is 20.8 Å². The van der Waals surface area contributed by atoms with Gasteiger partial charge in [0.1, 0.15) is 11.4 Å². The van der Waals surface area contributed by atoms with Crippen molar-refractivity contribution in [2.75, 3.05) is 5.32 Å². The number of ether oxygens (including phenoxy) is 1. The summed E-state index contributed by atoms with van der Waals surface area (Å²) in [6.45, 7) is 4.88. The van der Waals surface area contributed by atoms with Gasteiger partial charge < -0.3 is 9.84 Å². The van der Waals surface area contributed by atoms with Gasteiger partial charge in [-0.3, -0.25) is 5.32 Å². The summed E-state index contributed by atoms with van der Waals surface area (Å²) in [7, 11) is 0. The fourth-order valence-corrected chi connectivity index (χ4v) is 1.48. The summed E-state index contributed by atoms with van der Waals surface area (Å²) in [5.41, 5.74) is -1.71. The van der Waals surface area contributed by atoms with Crippen molar-refractivity contribution in [1.82, 2.24) is 0 Å². The molecule has 7 heteroatoms. The van der Waals surface area contributed by atoms with Crippen molar-refractivity contribution >= 4 is 29.4 Å². The van der Waals surface area contributed by atoms with E-state index in [0.717, 1.165) is 12.1 Å². The largest absolute Gasteiger partial charge is 0.478 e. The minimum atomic E-state index is -1.41. The molecule has 0 saturated heterocycles. The highest BCUT2D eigenvalue weighted by Gasteiger charge is 2.21. The van der Waals surface area contributed by atoms with Gasteiger partial charge in [-0.1, -0.05) is 11.6 Å². The van der Waals surface area contributed by atoms with E-state index in [-0.39, 0.29) is 5.02 Å². The molecule has 104 valence electrons. The van der Waals surface area contributed by atoms with E-state index in [2.05, 4.69) is 5.32 Å². The van der Waals surface area contributed by atoms with E-state index in [9.17, 15) is 14.0 Å². The number of anilines is 1. The molecular weight excluding hydrogens is 277 g/mol. The lowest BCUT2D eigenvalue weighted by molar-refractivity contribution is 0.0635. The van der Waals surface area contributed by atoms with Gasteiger partial charge in [0, 0.05) is 5.02 Å². The molecule has 19 heavy (non-hydrogen) atoms. The van der Waals surface area contributed by atoms with Crippen molar-refractivity contribution in [3.05, 3.63) is 28.5 Å². The molecule has 1 aromatic rings. The molecule has 0 aliphatic carbocycles. The number of carboxylic acids is 1. The lowest BCUT2D eigenvalue weighted by atomic mass is 10.1. The van der Waals surface area contributed by atoms with Crippen molar-refractivity contribution in [3.63, 3.8) is 0 Å². The number of carbonyl (C=O) groups excluding carboxylic acids is 1. The van der Waals surface area contributed by atoms with Gasteiger partial charge in [-0.15, -0.1) is 0 Å². The first-order valence-corrected chi connectivity index (χ1v) is 5.70. The molecule has 5 nitrogen and oxygen atoms in total. The number of nitrogens with one attached hydrogen (secondary N) is 1. The van der Waals surface area contributed by atoms with Gasteiger partial charge in [-0.2, -0.15) is 0 Å². The molecule has 0 radical (unpaired) electrons. The van der Waals surface area contributed by atoms with Crippen LogP contribution in [0.5, 0.6) is 0 Å². The molecule has 0 aliphatic heterocycles. The number of carboxylic acid groups (broad SMARTS) is 1. The van der Waals surface area contributed by atoms with Crippen molar-refractivity contribution in [2.24, 2.45) is 0 Å². The first-order valence-electron chi connectivity index (χ1n) is 5.32. The van der Waals surface area contributed by atoms with Gasteiger partial charge in [0.05, 0.1) is 11.3 Å². The van der Waals surface area contributed by atoms with Crippen molar-refractivity contribution in [1.29, 1.82) is 0 Å². The fraction of sp³-hybridized carbons (Fsp3) is 0.333. The van der Waals surface area contributed by atoms with E-state index in [1.165, 1.54) is 0 Å². The van der Waals surface area contributed by atoms with Crippen LogP contribution in [-0.2, 0) is 4.74 Å². The predicted octanol–water partition coefficient (Wildman–Crippen LogP) is 3.52. The van der Waals surface area contributed by atoms with Crippen LogP contribution < -0.4 is 5.32 Å². The first-order chi connectivity index (χ1) is 8.60. The summed E-state index contributed by atoms with van der Waals surface area (Å²) in [6, 6.07) is 1.94. The molecule has 0 saturated carbocycles. The number of rotatable bonds is 2. The molecule has 1 aromatic carbocycles. The molecule has 0 atom stereocenters. The molecular formula is C12H13ClFNO4. The van der Waals surface area contributed by atoms with Crippen LogP contribution in [0.15, 0.2) is 12.1 Å². The van der Waals surface area contributed by atoms with Gasteiger partial charge in [0.25, 0.3) is 0 Å². The van der Waals surface area contributed by atoms with E-state index in [4.69, 9.17) is 21.4 Å². The zero-order valence-corrected chi connectivity index (χ0v) is 11.3. The lowest BCUT2D eigenvalue weighted by Crippen LogP contribution is -2.28. The van der Waals surface area contributed by atoms with Crippen LogP contribution in [0, 0.1) is 5.82 Å². The normalized spacial score (nSPS) is 11.0. The predicted molar refractivity (Wildman–Crippen MR) is 68.2 cm³/mol. The number of hydrogen-bond donors (Lipinski definition) is 2. The Hall–Kier alpha value is -1.82. The standard InChI is InChI=1S/C12H13ClFNO4/c1-12(2,3)19-11(18)15-9-7(10(16)17)4-6(13)5-8(9)14/h4-5H,1-3H3,(H,15,18)(H,16,17). The van der Waals surface area contributed by atoms with Crippen LogP contribution in [0.3, 0.4) is 0 Å². The number of hydrogen-bond acceptors (Lipinski definition) is 3. The third-order valence-electron chi connectivity index (χ3n) is 1.91. The Balaban J connectivity index is 3.07. The third kappa shape index (κ3) is 4.40. The molecule has 0 aromatic heterocycles. The van der Waals surface area contributed by atoms with Crippen LogP contribution in [-0.4, -0.2) is 22.8 Å². The van der Waals surface area contributed by atoms with E-state index in [1.807, 2.05) is 0 Å². The van der Waals surface area contributed by atoms with Gasteiger partial charge in [0.2, 0.25) is 0 Å². The topological polar surface area (TPSA) is 75.6 Å². The fourth-order valence-electron chi connectivity index (χ4n) is 1.27. The minimum absolute atomic E-state index is 0.0790. The van der Waals surface area contributed by atoms with Gasteiger partial charge in [-0.25, -0.2) is 14.0 Å². The Labute approximate surface area is 114 Å². The number of amides is 1. The molecule has 0 fully saturated rings. The highest BCUT2D eigenvalue weighted by molar-refractivity contribution is 6.31. The second-order valence-electron chi connectivity index (χ2n) is 4.74. The summed E-state index contributed by atoms with van der Waals surface area (Å²) < 4.78 is 18.6. The lowest BCUT2D eigenvalue weighted by Gasteiger charge is -2.20. The Morgan fingerprint density at radius 3 is 2.42 bits per heavy atom. The maximum Gasteiger partial charge on any atom is 0.412 e. The Morgan fingerprint density at radius 2 is 1.95 bits per heavy atom. The molecule has 0 spiro atoms. The molecule has 0 aliphatic rings. The van der Waals surface area contributed by atoms with E-state index >= 15 is 0 Å². The smallest absolute Gasteiger partial charge is 0.412 e. The average Bonchev–Trinajstić information content (AvgIpc) is 2.18. The summed E-state index contributed by atoms with van der Waals surface area (Å²) >= 11 is 5.56. The SMILES string of the molecule is CC(C)(C)OC(=O)Nc1c(F)cc(Cl)cc1C(=O)O. The van der Waals surface area contributed by atoms with Gasteiger partial charge in [-0.05, 0) is 32.9 Å². The molecule has 1 amide bonds. The average molecular weight is 290 g/mol. The highest BCUT2D eigenvalue weighted by Crippen LogP contribution is 2.25. The summed E-state index contributed by atoms with van der Waals surface area (Å²) in [5.74, 6) is -2.36. The van der Waals surface area contributed by atoms with Gasteiger partial charge in [0.15, 0.2) is 0 Å². The molecule has 0 bridgehead atoms. The maximum atomic E-state index is 13.6. The van der Waals surface area contributed by atoms with Crippen molar-refractivity contribution in [2.45, 2.75) is 26.4 Å². The van der Waals surface area contributed by atoms with Gasteiger partial charge >= 0.3 is 12.1 Å². The Bertz CT molecular complexity index is 525. The maximum absolute atomic E-state index is 13.6. The summed E-state index contributed by atoms with van der Waals surface area (Å²) in [5, 5.41) is 10.9. The van der Waals surface area contributed by atoms with Crippen molar-refractivity contribution in [3.8, 4) is 0 Å². The number of aromatic carboxylic acids is 1. The van der Waals surface area contributed by atoms with E-state index < -0.39 is 34.7 Å². The second kappa shape index (κ2) is 5.44. The molecule has 2 N–H and O–H groups in total. The van der Waals surface area contributed by atoms with Crippen LogP contribution >= 0.6 is 11.6 Å². The minimum Gasteiger partial charge on any atom is -0.478 e.